The average Bonchev–Trinajstić information content (AvgIpc) is 3.33. The highest BCUT2D eigenvalue weighted by molar-refractivity contribution is 5.91. The van der Waals surface area contributed by atoms with Crippen LogP contribution in [0.3, 0.4) is 0 Å². The molecular formula is C21H29N3O4. The van der Waals surface area contributed by atoms with Crippen molar-refractivity contribution in [1.29, 1.82) is 0 Å². The molecule has 7 heteroatoms. The number of aromatic nitrogens is 1. The molecule has 0 fully saturated rings. The average molecular weight is 387 g/mol. The molecule has 28 heavy (non-hydrogen) atoms. The standard InChI is InChI=1S/C21H29N3O4/c1-5-15(4)24(10-16-6-7-18-19(8-16)28-13-27-18)11-20-23-17(12-26-20)21(25)22-9-14(2)3/h6-8,12,14-15H,5,9-11,13H2,1-4H3,(H,22,25). The van der Waals surface area contributed by atoms with Crippen LogP contribution in [0.15, 0.2) is 28.9 Å². The molecule has 1 amide bonds. The topological polar surface area (TPSA) is 76.8 Å². The molecule has 0 aliphatic carbocycles. The van der Waals surface area contributed by atoms with Gasteiger partial charge in [-0.25, -0.2) is 4.98 Å². The predicted octanol–water partition coefficient (Wildman–Crippen LogP) is 3.59. The predicted molar refractivity (Wildman–Crippen MR) is 105 cm³/mol. The van der Waals surface area contributed by atoms with Crippen LogP contribution in [0.4, 0.5) is 0 Å². The van der Waals surface area contributed by atoms with E-state index in [0.717, 1.165) is 30.0 Å². The molecule has 2 aromatic rings. The molecule has 1 unspecified atom stereocenters. The van der Waals surface area contributed by atoms with E-state index < -0.39 is 0 Å². The van der Waals surface area contributed by atoms with Gasteiger partial charge >= 0.3 is 0 Å². The molecule has 0 bridgehead atoms. The van der Waals surface area contributed by atoms with Crippen molar-refractivity contribution in [2.24, 2.45) is 5.92 Å². The number of oxazole rings is 1. The van der Waals surface area contributed by atoms with Gasteiger partial charge in [-0.15, -0.1) is 0 Å². The molecule has 1 aromatic carbocycles. The first-order valence-electron chi connectivity index (χ1n) is 9.81. The summed E-state index contributed by atoms with van der Waals surface area (Å²) in [6, 6.07) is 6.33. The van der Waals surface area contributed by atoms with E-state index in [9.17, 15) is 4.79 Å². The summed E-state index contributed by atoms with van der Waals surface area (Å²) in [4.78, 5) is 18.8. The quantitative estimate of drug-likeness (QED) is 0.709. The zero-order chi connectivity index (χ0) is 20.1. The van der Waals surface area contributed by atoms with Gasteiger partial charge in [-0.1, -0.05) is 26.8 Å². The Bertz CT molecular complexity index is 803. The van der Waals surface area contributed by atoms with E-state index in [1.54, 1.807) is 0 Å². The maximum atomic E-state index is 12.2. The van der Waals surface area contributed by atoms with E-state index in [4.69, 9.17) is 13.9 Å². The monoisotopic (exact) mass is 387 g/mol. The highest BCUT2D eigenvalue weighted by Gasteiger charge is 2.20. The highest BCUT2D eigenvalue weighted by atomic mass is 16.7. The fourth-order valence-electron chi connectivity index (χ4n) is 2.95. The Balaban J connectivity index is 1.67. The molecule has 152 valence electrons. The van der Waals surface area contributed by atoms with Crippen LogP contribution in [0.25, 0.3) is 0 Å². The van der Waals surface area contributed by atoms with Crippen molar-refractivity contribution in [1.82, 2.24) is 15.2 Å². The first-order valence-corrected chi connectivity index (χ1v) is 9.81. The molecule has 7 nitrogen and oxygen atoms in total. The molecule has 1 aliphatic rings. The van der Waals surface area contributed by atoms with E-state index in [-0.39, 0.29) is 12.7 Å². The van der Waals surface area contributed by atoms with Crippen molar-refractivity contribution >= 4 is 5.91 Å². The molecule has 0 saturated heterocycles. The number of carbonyl (C=O) groups is 1. The SMILES string of the molecule is CCC(C)N(Cc1ccc2c(c1)OCO2)Cc1nc(C(=O)NCC(C)C)co1. The molecule has 1 aliphatic heterocycles. The Morgan fingerprint density at radius 2 is 2.00 bits per heavy atom. The number of benzene rings is 1. The van der Waals surface area contributed by atoms with Crippen molar-refractivity contribution < 1.29 is 18.7 Å². The zero-order valence-electron chi connectivity index (χ0n) is 17.0. The van der Waals surface area contributed by atoms with E-state index in [2.05, 4.69) is 42.9 Å². The third-order valence-electron chi connectivity index (χ3n) is 4.83. The number of rotatable bonds is 9. The Morgan fingerprint density at radius 1 is 1.21 bits per heavy atom. The summed E-state index contributed by atoms with van der Waals surface area (Å²) in [6.07, 6.45) is 2.42. The second kappa shape index (κ2) is 9.10. The molecule has 0 saturated carbocycles. The van der Waals surface area contributed by atoms with Crippen LogP contribution in [-0.4, -0.2) is 35.2 Å². The fourth-order valence-corrected chi connectivity index (χ4v) is 2.95. The van der Waals surface area contributed by atoms with Gasteiger partial charge in [0, 0.05) is 19.1 Å². The Kier molecular flexibility index (Phi) is 6.57. The van der Waals surface area contributed by atoms with Crippen molar-refractivity contribution in [3.63, 3.8) is 0 Å². The van der Waals surface area contributed by atoms with Crippen molar-refractivity contribution in [2.75, 3.05) is 13.3 Å². The molecule has 2 heterocycles. The van der Waals surface area contributed by atoms with Gasteiger partial charge in [0.05, 0.1) is 6.54 Å². The van der Waals surface area contributed by atoms with E-state index in [1.165, 1.54) is 6.26 Å². The number of nitrogens with zero attached hydrogens (tertiary/aromatic N) is 2. The summed E-state index contributed by atoms with van der Waals surface area (Å²) in [7, 11) is 0. The van der Waals surface area contributed by atoms with Gasteiger partial charge in [0.25, 0.3) is 5.91 Å². The third-order valence-corrected chi connectivity index (χ3v) is 4.83. The summed E-state index contributed by atoms with van der Waals surface area (Å²) in [5.41, 5.74) is 1.45. The second-order valence-corrected chi connectivity index (χ2v) is 7.58. The lowest BCUT2D eigenvalue weighted by Gasteiger charge is -2.27. The summed E-state index contributed by atoms with van der Waals surface area (Å²) in [5.74, 6) is 2.29. The van der Waals surface area contributed by atoms with Crippen LogP contribution in [0.2, 0.25) is 0 Å². The Hall–Kier alpha value is -2.54. The van der Waals surface area contributed by atoms with E-state index in [0.29, 0.717) is 36.6 Å². The van der Waals surface area contributed by atoms with Crippen LogP contribution in [0, 0.1) is 5.92 Å². The smallest absolute Gasteiger partial charge is 0.273 e. The number of amides is 1. The number of ether oxygens (including phenoxy) is 2. The van der Waals surface area contributed by atoms with Crippen LogP contribution in [-0.2, 0) is 13.1 Å². The lowest BCUT2D eigenvalue weighted by molar-refractivity contribution is 0.0944. The van der Waals surface area contributed by atoms with Crippen molar-refractivity contribution in [3.8, 4) is 11.5 Å². The minimum atomic E-state index is -0.199. The molecule has 0 spiro atoms. The maximum Gasteiger partial charge on any atom is 0.273 e. The minimum Gasteiger partial charge on any atom is -0.454 e. The second-order valence-electron chi connectivity index (χ2n) is 7.58. The largest absolute Gasteiger partial charge is 0.454 e. The van der Waals surface area contributed by atoms with Gasteiger partial charge < -0.3 is 19.2 Å². The van der Waals surface area contributed by atoms with Crippen LogP contribution in [0.1, 0.15) is 56.1 Å². The number of nitrogens with one attached hydrogen (secondary N) is 1. The van der Waals surface area contributed by atoms with Crippen molar-refractivity contribution in [3.05, 3.63) is 41.6 Å². The summed E-state index contributed by atoms with van der Waals surface area (Å²) in [6.45, 7) is 10.6. The lowest BCUT2D eigenvalue weighted by Crippen LogP contribution is -2.32. The number of hydrogen-bond donors (Lipinski definition) is 1. The summed E-state index contributed by atoms with van der Waals surface area (Å²) < 4.78 is 16.4. The van der Waals surface area contributed by atoms with E-state index >= 15 is 0 Å². The molecule has 1 atom stereocenters. The minimum absolute atomic E-state index is 0.199. The molecular weight excluding hydrogens is 358 g/mol. The third kappa shape index (κ3) is 5.04. The molecule has 0 radical (unpaired) electrons. The van der Waals surface area contributed by atoms with Crippen LogP contribution in [0.5, 0.6) is 11.5 Å². The molecule has 1 N–H and O–H groups in total. The first kappa shape index (κ1) is 20.2. The van der Waals surface area contributed by atoms with Gasteiger partial charge in [0.1, 0.15) is 6.26 Å². The summed E-state index contributed by atoms with van der Waals surface area (Å²) >= 11 is 0. The number of hydrogen-bond acceptors (Lipinski definition) is 6. The zero-order valence-corrected chi connectivity index (χ0v) is 17.0. The number of fused-ring (bicyclic) bond motifs is 1. The maximum absolute atomic E-state index is 12.2. The van der Waals surface area contributed by atoms with Gasteiger partial charge in [0.15, 0.2) is 17.2 Å². The molecule has 1 aromatic heterocycles. The van der Waals surface area contributed by atoms with Gasteiger partial charge in [0.2, 0.25) is 12.7 Å². The first-order chi connectivity index (χ1) is 13.5. The Labute approximate surface area is 166 Å². The van der Waals surface area contributed by atoms with Crippen LogP contribution < -0.4 is 14.8 Å². The Morgan fingerprint density at radius 3 is 2.75 bits per heavy atom. The lowest BCUT2D eigenvalue weighted by atomic mass is 10.1. The van der Waals surface area contributed by atoms with Crippen LogP contribution >= 0.6 is 0 Å². The van der Waals surface area contributed by atoms with E-state index in [1.807, 2.05) is 18.2 Å². The van der Waals surface area contributed by atoms with Gasteiger partial charge in [-0.3, -0.25) is 9.69 Å². The van der Waals surface area contributed by atoms with Gasteiger partial charge in [-0.2, -0.15) is 0 Å². The number of carbonyl (C=O) groups excluding carboxylic acids is 1. The molecule has 3 rings (SSSR count). The highest BCUT2D eigenvalue weighted by Crippen LogP contribution is 2.33. The van der Waals surface area contributed by atoms with Crippen molar-refractivity contribution in [2.45, 2.75) is 53.2 Å². The summed E-state index contributed by atoms with van der Waals surface area (Å²) in [5, 5.41) is 2.86. The normalized spacial score (nSPS) is 13.9. The van der Waals surface area contributed by atoms with Gasteiger partial charge in [-0.05, 0) is 37.0 Å². The fraction of sp³-hybridized carbons (Fsp3) is 0.524.